The molecule has 70 valence electrons. The third-order valence-electron chi connectivity index (χ3n) is 1.95. The predicted octanol–water partition coefficient (Wildman–Crippen LogP) is 2.50. The summed E-state index contributed by atoms with van der Waals surface area (Å²) in [5.74, 6) is 0. The molecule has 1 heterocycles. The lowest BCUT2D eigenvalue weighted by Crippen LogP contribution is -2.34. The second kappa shape index (κ2) is 6.06. The first kappa shape index (κ1) is 9.59. The van der Waals surface area contributed by atoms with E-state index in [-0.39, 0.29) is 0 Å². The van der Waals surface area contributed by atoms with Gasteiger partial charge in [0.25, 0.3) is 0 Å². The molecule has 1 saturated heterocycles. The average molecular weight is 170 g/mol. The predicted molar refractivity (Wildman–Crippen MR) is 49.0 cm³/mol. The molecule has 0 N–H and O–H groups in total. The lowest BCUT2D eigenvalue weighted by Gasteiger charge is -2.24. The molecule has 0 unspecified atom stereocenters. The topological polar surface area (TPSA) is 18.5 Å². The normalized spacial score (nSPS) is 18.1. The van der Waals surface area contributed by atoms with E-state index in [2.05, 4.69) is 13.0 Å². The molecule has 0 radical (unpaired) electrons. The maximum Gasteiger partial charge on any atom is 0.144 e. The van der Waals surface area contributed by atoms with Gasteiger partial charge in [0.05, 0.1) is 19.5 Å². The molecule has 0 aliphatic carbocycles. The van der Waals surface area contributed by atoms with E-state index in [9.17, 15) is 0 Å². The maximum atomic E-state index is 5.35. The van der Waals surface area contributed by atoms with Crippen molar-refractivity contribution in [3.8, 4) is 0 Å². The van der Waals surface area contributed by atoms with Gasteiger partial charge in [-0.15, -0.1) is 0 Å². The Bertz CT molecular complexity index is 128. The molecule has 1 rings (SSSR count). The highest BCUT2D eigenvalue weighted by Gasteiger charge is 2.17. The summed E-state index contributed by atoms with van der Waals surface area (Å²) in [6.45, 7) is 3.74. The van der Waals surface area contributed by atoms with E-state index in [0.717, 1.165) is 19.6 Å². The molecule has 0 saturated carbocycles. The van der Waals surface area contributed by atoms with Crippen molar-refractivity contribution in [1.82, 2.24) is 0 Å². The minimum atomic E-state index is 0.326. The summed E-state index contributed by atoms with van der Waals surface area (Å²) < 4.78 is 10.3. The van der Waals surface area contributed by atoms with Crippen LogP contribution in [0.4, 0.5) is 0 Å². The lowest BCUT2D eigenvalue weighted by atomic mass is 10.2. The van der Waals surface area contributed by atoms with E-state index in [4.69, 9.17) is 9.47 Å². The molecule has 0 bridgehead atoms. The molecule has 1 aliphatic rings. The molecule has 0 aromatic heterocycles. The van der Waals surface area contributed by atoms with Crippen molar-refractivity contribution >= 4 is 0 Å². The van der Waals surface area contributed by atoms with E-state index >= 15 is 0 Å². The van der Waals surface area contributed by atoms with Gasteiger partial charge in [-0.3, -0.25) is 0 Å². The number of ether oxygens (including phenoxy) is 2. The minimum Gasteiger partial charge on any atom is -0.494 e. The molecule has 0 atom stereocenters. The van der Waals surface area contributed by atoms with Crippen LogP contribution in [0.25, 0.3) is 0 Å². The molecule has 2 nitrogen and oxygen atoms in total. The van der Waals surface area contributed by atoms with E-state index in [1.807, 2.05) is 6.26 Å². The Morgan fingerprint density at radius 3 is 2.83 bits per heavy atom. The Labute approximate surface area is 74.6 Å². The summed E-state index contributed by atoms with van der Waals surface area (Å²) in [6, 6.07) is 0. The summed E-state index contributed by atoms with van der Waals surface area (Å²) in [4.78, 5) is 0. The summed E-state index contributed by atoms with van der Waals surface area (Å²) in [7, 11) is 0. The molecule has 0 aromatic carbocycles. The Morgan fingerprint density at radius 1 is 1.42 bits per heavy atom. The average Bonchev–Trinajstić information content (AvgIpc) is 2.00. The molecule has 0 aromatic rings. The van der Waals surface area contributed by atoms with Crippen molar-refractivity contribution in [2.75, 3.05) is 13.2 Å². The van der Waals surface area contributed by atoms with Crippen molar-refractivity contribution in [2.45, 2.75) is 38.7 Å². The van der Waals surface area contributed by atoms with Gasteiger partial charge < -0.3 is 9.47 Å². The van der Waals surface area contributed by atoms with Crippen LogP contribution in [-0.2, 0) is 9.47 Å². The number of hydrogen-bond donors (Lipinski definition) is 0. The van der Waals surface area contributed by atoms with Crippen LogP contribution >= 0.6 is 0 Å². The molecule has 12 heavy (non-hydrogen) atoms. The minimum absolute atomic E-state index is 0.326. The Kier molecular flexibility index (Phi) is 4.85. The van der Waals surface area contributed by atoms with Crippen molar-refractivity contribution in [3.63, 3.8) is 0 Å². The maximum absolute atomic E-state index is 5.35. The second-order valence-electron chi connectivity index (χ2n) is 3.16. The van der Waals surface area contributed by atoms with Crippen molar-refractivity contribution in [2.24, 2.45) is 0 Å². The fourth-order valence-electron chi connectivity index (χ4n) is 1.04. The summed E-state index contributed by atoms with van der Waals surface area (Å²) >= 11 is 0. The fourth-order valence-corrected chi connectivity index (χ4v) is 1.04. The van der Waals surface area contributed by atoms with Gasteiger partial charge >= 0.3 is 0 Å². The number of hydrogen-bond acceptors (Lipinski definition) is 2. The first-order valence-electron chi connectivity index (χ1n) is 4.81. The highest BCUT2D eigenvalue weighted by Crippen LogP contribution is 2.06. The number of rotatable bonds is 6. The number of unbranched alkanes of at least 4 members (excludes halogenated alkanes) is 3. The van der Waals surface area contributed by atoms with Crippen LogP contribution in [0.15, 0.2) is 12.3 Å². The highest BCUT2D eigenvalue weighted by atomic mass is 16.6. The van der Waals surface area contributed by atoms with Crippen LogP contribution < -0.4 is 0 Å². The largest absolute Gasteiger partial charge is 0.494 e. The van der Waals surface area contributed by atoms with Crippen LogP contribution in [0, 0.1) is 0 Å². The Balaban J connectivity index is 1.84. The van der Waals surface area contributed by atoms with Gasteiger partial charge in [0.2, 0.25) is 0 Å². The Morgan fingerprint density at radius 2 is 2.25 bits per heavy atom. The fraction of sp³-hybridized carbons (Fsp3) is 0.800. The molecule has 0 amide bonds. The first-order valence-corrected chi connectivity index (χ1v) is 4.81. The molecule has 2 heteroatoms. The standard InChI is InChI=1S/C10H18O2/c1-2-3-4-5-6-7-12-10-8-11-9-10/h6-7,10H,2-5,8-9H2,1H3. The van der Waals surface area contributed by atoms with Crippen LogP contribution in [0.5, 0.6) is 0 Å². The van der Waals surface area contributed by atoms with E-state index in [0.29, 0.717) is 6.10 Å². The SMILES string of the molecule is CCCCCC=COC1COC1. The van der Waals surface area contributed by atoms with Gasteiger partial charge in [0.15, 0.2) is 0 Å². The molecule has 0 spiro atoms. The summed E-state index contributed by atoms with van der Waals surface area (Å²) in [5, 5.41) is 0. The van der Waals surface area contributed by atoms with Crippen molar-refractivity contribution in [3.05, 3.63) is 12.3 Å². The second-order valence-corrected chi connectivity index (χ2v) is 3.16. The molecule has 1 aliphatic heterocycles. The van der Waals surface area contributed by atoms with Crippen molar-refractivity contribution in [1.29, 1.82) is 0 Å². The molecular weight excluding hydrogens is 152 g/mol. The van der Waals surface area contributed by atoms with Gasteiger partial charge in [0, 0.05) is 0 Å². The van der Waals surface area contributed by atoms with Gasteiger partial charge in [-0.1, -0.05) is 19.8 Å². The molecule has 1 fully saturated rings. The quantitative estimate of drug-likeness (QED) is 0.450. The Hall–Kier alpha value is -0.500. The van der Waals surface area contributed by atoms with E-state index in [1.165, 1.54) is 19.3 Å². The smallest absolute Gasteiger partial charge is 0.144 e. The summed E-state index contributed by atoms with van der Waals surface area (Å²) in [5.41, 5.74) is 0. The monoisotopic (exact) mass is 170 g/mol. The zero-order valence-corrected chi connectivity index (χ0v) is 7.79. The van der Waals surface area contributed by atoms with Gasteiger partial charge in [0.1, 0.15) is 6.10 Å². The van der Waals surface area contributed by atoms with Crippen LogP contribution in [0.1, 0.15) is 32.6 Å². The van der Waals surface area contributed by atoms with Crippen LogP contribution in [0.3, 0.4) is 0 Å². The van der Waals surface area contributed by atoms with Crippen LogP contribution in [-0.4, -0.2) is 19.3 Å². The highest BCUT2D eigenvalue weighted by molar-refractivity contribution is 4.76. The number of allylic oxidation sites excluding steroid dienone is 1. The lowest BCUT2D eigenvalue weighted by molar-refractivity contribution is -0.0994. The van der Waals surface area contributed by atoms with Gasteiger partial charge in [-0.05, 0) is 18.9 Å². The zero-order valence-electron chi connectivity index (χ0n) is 7.79. The van der Waals surface area contributed by atoms with Gasteiger partial charge in [-0.25, -0.2) is 0 Å². The van der Waals surface area contributed by atoms with Crippen molar-refractivity contribution < 1.29 is 9.47 Å². The van der Waals surface area contributed by atoms with Crippen LogP contribution in [0.2, 0.25) is 0 Å². The zero-order chi connectivity index (χ0) is 8.65. The molecular formula is C10H18O2. The first-order chi connectivity index (χ1) is 5.93. The van der Waals surface area contributed by atoms with E-state index in [1.54, 1.807) is 0 Å². The summed E-state index contributed by atoms with van der Waals surface area (Å²) in [6.07, 6.45) is 9.27. The van der Waals surface area contributed by atoms with Gasteiger partial charge in [-0.2, -0.15) is 0 Å². The van der Waals surface area contributed by atoms with E-state index < -0.39 is 0 Å². The third-order valence-corrected chi connectivity index (χ3v) is 1.95. The third kappa shape index (κ3) is 3.77.